The zero-order valence-electron chi connectivity index (χ0n) is 22.0. The first-order chi connectivity index (χ1) is 18.4. The number of nitrogens with one attached hydrogen (secondary N) is 2. The number of halogens is 1. The van der Waals surface area contributed by atoms with Crippen LogP contribution in [0.2, 0.25) is 5.02 Å². The van der Waals surface area contributed by atoms with Crippen LogP contribution in [0, 0.1) is 5.92 Å². The largest absolute Gasteiger partial charge is 0.507 e. The number of carbonyl (C=O) groups is 2. The first-order valence-electron chi connectivity index (χ1n) is 13.3. The molecule has 1 unspecified atom stereocenters. The van der Waals surface area contributed by atoms with E-state index in [4.69, 9.17) is 20.8 Å². The van der Waals surface area contributed by atoms with E-state index in [1.807, 2.05) is 31.2 Å². The lowest BCUT2D eigenvalue weighted by Gasteiger charge is -2.33. The van der Waals surface area contributed by atoms with Crippen LogP contribution >= 0.6 is 11.6 Å². The molecule has 3 N–H and O–H groups in total. The maximum Gasteiger partial charge on any atom is 0.287 e. The third-order valence-electron chi connectivity index (χ3n) is 7.09. The second-order valence-electron chi connectivity index (χ2n) is 9.76. The van der Waals surface area contributed by atoms with Gasteiger partial charge in [-0.05, 0) is 74.9 Å². The number of nitrogens with zero attached hydrogens (tertiary/aromatic N) is 1. The van der Waals surface area contributed by atoms with Crippen LogP contribution in [0.25, 0.3) is 11.0 Å². The number of aromatic hydroxyl groups is 1. The maximum atomic E-state index is 13.0. The molecule has 0 saturated carbocycles. The highest BCUT2D eigenvalue weighted by Crippen LogP contribution is 2.38. The second kappa shape index (κ2) is 13.0. The number of aryl methyl sites for hydroxylation is 1. The molecule has 2 aromatic carbocycles. The van der Waals surface area contributed by atoms with Crippen LogP contribution in [0.4, 0.5) is 0 Å². The number of fused-ring (bicyclic) bond motifs is 1. The van der Waals surface area contributed by atoms with Crippen molar-refractivity contribution in [2.24, 2.45) is 5.92 Å². The second-order valence-corrected chi connectivity index (χ2v) is 10.2. The van der Waals surface area contributed by atoms with Crippen molar-refractivity contribution in [3.05, 3.63) is 58.3 Å². The number of carbonyl (C=O) groups excluding carboxylic acids is 2. The number of phenolic OH excluding ortho intramolecular Hbond substituents is 1. The Balaban J connectivity index is 1.20. The number of amides is 2. The Morgan fingerprint density at radius 1 is 1.18 bits per heavy atom. The number of unbranched alkanes of at least 4 members (excludes halogenated alkanes) is 1. The smallest absolute Gasteiger partial charge is 0.287 e. The number of benzene rings is 2. The molecule has 3 aromatic rings. The van der Waals surface area contributed by atoms with Gasteiger partial charge in [0.05, 0.1) is 12.1 Å². The molecule has 8 nitrogen and oxygen atoms in total. The SMILES string of the molecule is CCc1cc(Cl)c(OC)c(C(=O)NCC2CCCN(CCCCNC(=O)c3cc4ccccc4o3)C2)c1O. The molecule has 1 saturated heterocycles. The van der Waals surface area contributed by atoms with Gasteiger partial charge in [0.2, 0.25) is 0 Å². The van der Waals surface area contributed by atoms with E-state index >= 15 is 0 Å². The standard InChI is InChI=1S/C29H36ClN3O5/c1-3-20-15-22(30)27(37-2)25(26(20)34)29(36)32-17-19-9-8-14-33(18-19)13-7-6-12-31-28(35)24-16-21-10-4-5-11-23(21)38-24/h4-5,10-11,15-16,19,34H,3,6-9,12-14,17-18H2,1-2H3,(H,31,35)(H,32,36). The van der Waals surface area contributed by atoms with Gasteiger partial charge < -0.3 is 29.8 Å². The lowest BCUT2D eigenvalue weighted by Crippen LogP contribution is -2.41. The van der Waals surface area contributed by atoms with Crippen molar-refractivity contribution in [2.75, 3.05) is 39.8 Å². The van der Waals surface area contributed by atoms with Crippen molar-refractivity contribution < 1.29 is 23.8 Å². The number of hydrogen-bond donors (Lipinski definition) is 3. The van der Waals surface area contributed by atoms with E-state index in [1.165, 1.54) is 7.11 Å². The molecule has 4 rings (SSSR count). The van der Waals surface area contributed by atoms with Gasteiger partial charge in [0.15, 0.2) is 11.5 Å². The lowest BCUT2D eigenvalue weighted by molar-refractivity contribution is 0.0914. The van der Waals surface area contributed by atoms with E-state index in [-0.39, 0.29) is 28.9 Å². The Labute approximate surface area is 228 Å². The van der Waals surface area contributed by atoms with Gasteiger partial charge in [-0.1, -0.05) is 36.7 Å². The predicted molar refractivity (Wildman–Crippen MR) is 148 cm³/mol. The molecule has 0 aliphatic carbocycles. The molecule has 0 radical (unpaired) electrons. The van der Waals surface area contributed by atoms with Gasteiger partial charge in [0, 0.05) is 25.0 Å². The lowest BCUT2D eigenvalue weighted by atomic mass is 9.97. The summed E-state index contributed by atoms with van der Waals surface area (Å²) in [7, 11) is 1.44. The molecule has 0 spiro atoms. The number of furan rings is 1. The summed E-state index contributed by atoms with van der Waals surface area (Å²) in [6, 6.07) is 11.0. The average Bonchev–Trinajstić information content (AvgIpc) is 3.37. The van der Waals surface area contributed by atoms with Gasteiger partial charge in [-0.3, -0.25) is 9.59 Å². The number of phenols is 1. The fourth-order valence-corrected chi connectivity index (χ4v) is 5.35. The van der Waals surface area contributed by atoms with Crippen LogP contribution in [0.15, 0.2) is 40.8 Å². The highest BCUT2D eigenvalue weighted by atomic mass is 35.5. The van der Waals surface area contributed by atoms with Crippen LogP contribution in [0.3, 0.4) is 0 Å². The predicted octanol–water partition coefficient (Wildman–Crippen LogP) is 5.01. The number of ether oxygens (including phenoxy) is 1. The normalized spacial score (nSPS) is 15.9. The number of piperidine rings is 1. The molecular formula is C29H36ClN3O5. The molecule has 2 heterocycles. The van der Waals surface area contributed by atoms with Gasteiger partial charge in [-0.25, -0.2) is 0 Å². The molecule has 204 valence electrons. The molecule has 1 fully saturated rings. The summed E-state index contributed by atoms with van der Waals surface area (Å²) in [6.07, 6.45) is 4.49. The monoisotopic (exact) mass is 541 g/mol. The fourth-order valence-electron chi connectivity index (χ4n) is 5.04. The van der Waals surface area contributed by atoms with Crippen molar-refractivity contribution in [3.8, 4) is 11.5 Å². The van der Waals surface area contributed by atoms with Gasteiger partial charge >= 0.3 is 0 Å². The first kappa shape index (κ1) is 27.8. The van der Waals surface area contributed by atoms with Gasteiger partial charge in [0.25, 0.3) is 11.8 Å². The third-order valence-corrected chi connectivity index (χ3v) is 7.37. The molecule has 1 aromatic heterocycles. The Kier molecular flexibility index (Phi) is 9.53. The molecular weight excluding hydrogens is 506 g/mol. The summed E-state index contributed by atoms with van der Waals surface area (Å²) in [5.74, 6) is 0.193. The zero-order valence-corrected chi connectivity index (χ0v) is 22.8. The molecule has 1 aliphatic heterocycles. The Morgan fingerprint density at radius 3 is 2.76 bits per heavy atom. The highest BCUT2D eigenvalue weighted by Gasteiger charge is 2.25. The van der Waals surface area contributed by atoms with Crippen molar-refractivity contribution in [3.63, 3.8) is 0 Å². The Hall–Kier alpha value is -3.23. The minimum Gasteiger partial charge on any atom is -0.507 e. The highest BCUT2D eigenvalue weighted by molar-refractivity contribution is 6.33. The zero-order chi connectivity index (χ0) is 27.1. The van der Waals surface area contributed by atoms with E-state index in [0.717, 1.165) is 50.7 Å². The van der Waals surface area contributed by atoms with Crippen molar-refractivity contribution in [1.29, 1.82) is 0 Å². The van der Waals surface area contributed by atoms with Gasteiger partial charge in [0.1, 0.15) is 16.9 Å². The van der Waals surface area contributed by atoms with E-state index in [1.54, 1.807) is 12.1 Å². The summed E-state index contributed by atoms with van der Waals surface area (Å²) in [5, 5.41) is 17.8. The molecule has 2 amide bonds. The Bertz CT molecular complexity index is 1240. The Morgan fingerprint density at radius 2 is 2.00 bits per heavy atom. The number of methoxy groups -OCH3 is 1. The number of hydrogen-bond acceptors (Lipinski definition) is 6. The van der Waals surface area contributed by atoms with Crippen LogP contribution in [0.5, 0.6) is 11.5 Å². The molecule has 1 atom stereocenters. The van der Waals surface area contributed by atoms with Crippen LogP contribution in [-0.4, -0.2) is 61.7 Å². The number of likely N-dealkylation sites (tertiary alicyclic amines) is 1. The van der Waals surface area contributed by atoms with E-state index in [2.05, 4.69) is 15.5 Å². The minimum atomic E-state index is -0.381. The summed E-state index contributed by atoms with van der Waals surface area (Å²) in [4.78, 5) is 27.8. The molecule has 38 heavy (non-hydrogen) atoms. The average molecular weight is 542 g/mol. The minimum absolute atomic E-state index is 0.0797. The number of rotatable bonds is 11. The van der Waals surface area contributed by atoms with E-state index < -0.39 is 0 Å². The van der Waals surface area contributed by atoms with Crippen molar-refractivity contribution in [1.82, 2.24) is 15.5 Å². The summed E-state index contributed by atoms with van der Waals surface area (Å²) in [5.41, 5.74) is 1.41. The molecule has 0 bridgehead atoms. The maximum absolute atomic E-state index is 13.0. The summed E-state index contributed by atoms with van der Waals surface area (Å²) in [6.45, 7) is 5.86. The van der Waals surface area contributed by atoms with E-state index in [9.17, 15) is 14.7 Å². The fraction of sp³-hybridized carbons (Fsp3) is 0.448. The topological polar surface area (TPSA) is 104 Å². The van der Waals surface area contributed by atoms with Crippen LogP contribution in [0.1, 0.15) is 59.1 Å². The van der Waals surface area contributed by atoms with E-state index in [0.29, 0.717) is 47.4 Å². The number of para-hydroxylation sites is 1. The third kappa shape index (κ3) is 6.60. The van der Waals surface area contributed by atoms with Crippen LogP contribution < -0.4 is 15.4 Å². The van der Waals surface area contributed by atoms with Crippen LogP contribution in [-0.2, 0) is 6.42 Å². The van der Waals surface area contributed by atoms with Gasteiger partial charge in [-0.2, -0.15) is 0 Å². The van der Waals surface area contributed by atoms with Crippen molar-refractivity contribution >= 4 is 34.4 Å². The van der Waals surface area contributed by atoms with Gasteiger partial charge in [-0.15, -0.1) is 0 Å². The molecule has 9 heteroatoms. The first-order valence-corrected chi connectivity index (χ1v) is 13.6. The molecule has 1 aliphatic rings. The summed E-state index contributed by atoms with van der Waals surface area (Å²) < 4.78 is 10.9. The summed E-state index contributed by atoms with van der Waals surface area (Å²) >= 11 is 6.28. The quantitative estimate of drug-likeness (QED) is 0.295. The van der Waals surface area contributed by atoms with Crippen molar-refractivity contribution in [2.45, 2.75) is 39.0 Å².